The molecule has 92 valence electrons. The van der Waals surface area contributed by atoms with Crippen molar-refractivity contribution >= 4 is 6.09 Å². The zero-order chi connectivity index (χ0) is 11.8. The van der Waals surface area contributed by atoms with E-state index >= 15 is 0 Å². The quantitative estimate of drug-likeness (QED) is 0.755. The van der Waals surface area contributed by atoms with E-state index in [2.05, 4.69) is 0 Å². The summed E-state index contributed by atoms with van der Waals surface area (Å²) >= 11 is 0. The molecule has 0 bridgehead atoms. The molecule has 0 aliphatic heterocycles. The van der Waals surface area contributed by atoms with Crippen molar-refractivity contribution in [2.24, 2.45) is 17.1 Å². The highest BCUT2D eigenvalue weighted by atomic mass is 16.4. The molecule has 0 radical (unpaired) electrons. The Morgan fingerprint density at radius 1 is 1.44 bits per heavy atom. The van der Waals surface area contributed by atoms with Crippen LogP contribution in [0.3, 0.4) is 0 Å². The van der Waals surface area contributed by atoms with Gasteiger partial charge in [0.15, 0.2) is 0 Å². The molecule has 1 amide bonds. The van der Waals surface area contributed by atoms with Gasteiger partial charge in [0, 0.05) is 13.1 Å². The second-order valence-corrected chi connectivity index (χ2v) is 5.63. The van der Waals surface area contributed by atoms with E-state index in [1.807, 2.05) is 0 Å². The van der Waals surface area contributed by atoms with Gasteiger partial charge >= 0.3 is 6.09 Å². The lowest BCUT2D eigenvalue weighted by Gasteiger charge is -2.52. The molecular weight excluding hydrogens is 204 g/mol. The zero-order valence-electron chi connectivity index (χ0n) is 9.98. The molecule has 2 aliphatic carbocycles. The summed E-state index contributed by atoms with van der Waals surface area (Å²) in [5, 5.41) is 8.93. The average Bonchev–Trinajstić information content (AvgIpc) is 2.25. The van der Waals surface area contributed by atoms with E-state index < -0.39 is 6.09 Å². The van der Waals surface area contributed by atoms with Crippen molar-refractivity contribution in [3.8, 4) is 0 Å². The first kappa shape index (κ1) is 11.7. The van der Waals surface area contributed by atoms with Crippen LogP contribution in [0.5, 0.6) is 0 Å². The summed E-state index contributed by atoms with van der Waals surface area (Å²) in [5.41, 5.74) is 6.18. The van der Waals surface area contributed by atoms with E-state index in [9.17, 15) is 4.79 Å². The topological polar surface area (TPSA) is 66.6 Å². The maximum atomic E-state index is 10.9. The van der Waals surface area contributed by atoms with Crippen LogP contribution in [0.4, 0.5) is 4.79 Å². The van der Waals surface area contributed by atoms with Gasteiger partial charge in [0.2, 0.25) is 0 Å². The van der Waals surface area contributed by atoms with Crippen LogP contribution in [0.2, 0.25) is 0 Å². The third-order valence-electron chi connectivity index (χ3n) is 4.64. The molecule has 2 saturated carbocycles. The highest BCUT2D eigenvalue weighted by Crippen LogP contribution is 2.54. The van der Waals surface area contributed by atoms with E-state index in [-0.39, 0.29) is 6.04 Å². The Morgan fingerprint density at radius 2 is 2.00 bits per heavy atom. The van der Waals surface area contributed by atoms with Crippen LogP contribution >= 0.6 is 0 Å². The van der Waals surface area contributed by atoms with E-state index in [0.29, 0.717) is 5.41 Å². The average molecular weight is 226 g/mol. The molecule has 2 fully saturated rings. The Bertz CT molecular complexity index is 264. The SMILES string of the molecule is CN(C(=O)O)C1CCC2(CC1)CC(CN)C2. The fourth-order valence-electron chi connectivity index (χ4n) is 3.50. The van der Waals surface area contributed by atoms with Crippen LogP contribution in [0, 0.1) is 11.3 Å². The maximum Gasteiger partial charge on any atom is 0.407 e. The summed E-state index contributed by atoms with van der Waals surface area (Å²) in [7, 11) is 1.69. The molecule has 2 rings (SSSR count). The van der Waals surface area contributed by atoms with Crippen LogP contribution in [0.25, 0.3) is 0 Å². The summed E-state index contributed by atoms with van der Waals surface area (Å²) in [6.45, 7) is 0.820. The minimum absolute atomic E-state index is 0.236. The van der Waals surface area contributed by atoms with Gasteiger partial charge in [0.25, 0.3) is 0 Å². The van der Waals surface area contributed by atoms with Crippen molar-refractivity contribution < 1.29 is 9.90 Å². The molecule has 0 aromatic heterocycles. The molecule has 0 aromatic carbocycles. The molecule has 0 aromatic rings. The summed E-state index contributed by atoms with van der Waals surface area (Å²) < 4.78 is 0. The summed E-state index contributed by atoms with van der Waals surface area (Å²) in [6.07, 6.45) is 6.17. The lowest BCUT2D eigenvalue weighted by Crippen LogP contribution is -2.47. The molecule has 4 nitrogen and oxygen atoms in total. The summed E-state index contributed by atoms with van der Waals surface area (Å²) in [4.78, 5) is 12.3. The maximum absolute atomic E-state index is 10.9. The standard InChI is InChI=1S/C12H22N2O2/c1-14(11(15)16)10-2-4-12(5-3-10)6-9(7-12)8-13/h9-10H,2-8,13H2,1H3,(H,15,16). The predicted octanol–water partition coefficient (Wildman–Crippen LogP) is 1.89. The fourth-order valence-corrected chi connectivity index (χ4v) is 3.50. The van der Waals surface area contributed by atoms with Gasteiger partial charge in [-0.05, 0) is 56.4 Å². The first-order valence-electron chi connectivity index (χ1n) is 6.22. The minimum Gasteiger partial charge on any atom is -0.465 e. The lowest BCUT2D eigenvalue weighted by molar-refractivity contribution is -0.00314. The Labute approximate surface area is 96.8 Å². The van der Waals surface area contributed by atoms with E-state index in [1.165, 1.54) is 30.6 Å². The molecule has 4 heteroatoms. The Morgan fingerprint density at radius 3 is 2.44 bits per heavy atom. The number of nitrogens with two attached hydrogens (primary N) is 1. The van der Waals surface area contributed by atoms with Crippen LogP contribution in [0.1, 0.15) is 38.5 Å². The van der Waals surface area contributed by atoms with E-state index in [4.69, 9.17) is 10.8 Å². The molecule has 16 heavy (non-hydrogen) atoms. The van der Waals surface area contributed by atoms with E-state index in [0.717, 1.165) is 25.3 Å². The zero-order valence-corrected chi connectivity index (χ0v) is 9.98. The monoisotopic (exact) mass is 226 g/mol. The third kappa shape index (κ3) is 2.03. The number of hydrogen-bond donors (Lipinski definition) is 2. The molecule has 0 saturated heterocycles. The van der Waals surface area contributed by atoms with Crippen molar-refractivity contribution in [2.45, 2.75) is 44.6 Å². The number of carbonyl (C=O) groups is 1. The second-order valence-electron chi connectivity index (χ2n) is 5.63. The Balaban J connectivity index is 1.82. The largest absolute Gasteiger partial charge is 0.465 e. The molecule has 0 atom stereocenters. The van der Waals surface area contributed by atoms with Gasteiger partial charge in [0.1, 0.15) is 0 Å². The third-order valence-corrected chi connectivity index (χ3v) is 4.64. The van der Waals surface area contributed by atoms with Crippen molar-refractivity contribution in [3.05, 3.63) is 0 Å². The minimum atomic E-state index is -0.797. The normalized spacial score (nSPS) is 38.1. The first-order chi connectivity index (χ1) is 7.56. The van der Waals surface area contributed by atoms with Gasteiger partial charge in [-0.2, -0.15) is 0 Å². The number of nitrogens with zero attached hydrogens (tertiary/aromatic N) is 1. The number of rotatable bonds is 2. The fraction of sp³-hybridized carbons (Fsp3) is 0.917. The molecular formula is C12H22N2O2. The van der Waals surface area contributed by atoms with Crippen molar-refractivity contribution in [2.75, 3.05) is 13.6 Å². The highest BCUT2D eigenvalue weighted by molar-refractivity contribution is 5.64. The Hall–Kier alpha value is -0.770. The molecule has 3 N–H and O–H groups in total. The van der Waals surface area contributed by atoms with Crippen LogP contribution in [0.15, 0.2) is 0 Å². The van der Waals surface area contributed by atoms with Crippen molar-refractivity contribution in [1.29, 1.82) is 0 Å². The van der Waals surface area contributed by atoms with Gasteiger partial charge in [-0.3, -0.25) is 0 Å². The van der Waals surface area contributed by atoms with Crippen LogP contribution < -0.4 is 5.73 Å². The van der Waals surface area contributed by atoms with Gasteiger partial charge in [-0.15, -0.1) is 0 Å². The lowest BCUT2D eigenvalue weighted by atomic mass is 9.55. The summed E-state index contributed by atoms with van der Waals surface area (Å²) in [6, 6.07) is 0.236. The highest BCUT2D eigenvalue weighted by Gasteiger charge is 2.45. The molecule has 0 unspecified atom stereocenters. The molecule has 1 spiro atoms. The van der Waals surface area contributed by atoms with E-state index in [1.54, 1.807) is 7.05 Å². The van der Waals surface area contributed by atoms with Gasteiger partial charge in [0.05, 0.1) is 0 Å². The number of hydrogen-bond acceptors (Lipinski definition) is 2. The number of carboxylic acid groups (broad SMARTS) is 1. The van der Waals surface area contributed by atoms with Crippen LogP contribution in [-0.2, 0) is 0 Å². The smallest absolute Gasteiger partial charge is 0.407 e. The van der Waals surface area contributed by atoms with Crippen LogP contribution in [-0.4, -0.2) is 35.7 Å². The predicted molar refractivity (Wildman–Crippen MR) is 62.3 cm³/mol. The van der Waals surface area contributed by atoms with Gasteiger partial charge in [-0.1, -0.05) is 0 Å². The summed E-state index contributed by atoms with van der Waals surface area (Å²) in [5.74, 6) is 0.730. The number of amides is 1. The van der Waals surface area contributed by atoms with Crippen molar-refractivity contribution in [3.63, 3.8) is 0 Å². The van der Waals surface area contributed by atoms with Crippen molar-refractivity contribution in [1.82, 2.24) is 4.90 Å². The van der Waals surface area contributed by atoms with Gasteiger partial charge in [-0.25, -0.2) is 4.79 Å². The molecule has 2 aliphatic rings. The molecule has 0 heterocycles. The second kappa shape index (κ2) is 4.24. The Kier molecular flexibility index (Phi) is 3.10. The first-order valence-corrected chi connectivity index (χ1v) is 6.22. The van der Waals surface area contributed by atoms with Gasteiger partial charge < -0.3 is 15.7 Å².